The molecule has 0 saturated carbocycles. The predicted molar refractivity (Wildman–Crippen MR) is 53.3 cm³/mol. The second kappa shape index (κ2) is 7.80. The number of esters is 1. The van der Waals surface area contributed by atoms with Crippen molar-refractivity contribution in [1.82, 2.24) is 4.90 Å². The Morgan fingerprint density at radius 2 is 1.92 bits per heavy atom. The lowest BCUT2D eigenvalue weighted by Gasteiger charge is -2.16. The van der Waals surface area contributed by atoms with Gasteiger partial charge in [0.25, 0.3) is 0 Å². The molecule has 0 aliphatic rings. The largest absolute Gasteiger partial charge is 0.446 e. The second-order valence-corrected chi connectivity index (χ2v) is 2.71. The van der Waals surface area contributed by atoms with Gasteiger partial charge in [0.05, 0.1) is 0 Å². The van der Waals surface area contributed by atoms with E-state index in [1.54, 1.807) is 6.08 Å². The molecule has 3 nitrogen and oxygen atoms in total. The molecule has 13 heavy (non-hydrogen) atoms. The summed E-state index contributed by atoms with van der Waals surface area (Å²) >= 11 is 0. The third kappa shape index (κ3) is 6.34. The lowest BCUT2D eigenvalue weighted by molar-refractivity contribution is -0.142. The lowest BCUT2D eigenvalue weighted by Crippen LogP contribution is -2.27. The van der Waals surface area contributed by atoms with Gasteiger partial charge < -0.3 is 4.74 Å². The van der Waals surface area contributed by atoms with E-state index in [1.165, 1.54) is 6.08 Å². The molecule has 0 N–H and O–H groups in total. The molecule has 0 amide bonds. The van der Waals surface area contributed by atoms with Crippen molar-refractivity contribution in [3.8, 4) is 0 Å². The quantitative estimate of drug-likeness (QED) is 0.359. The highest BCUT2D eigenvalue weighted by Gasteiger charge is 2.01. The highest BCUT2D eigenvalue weighted by molar-refractivity contribution is 5.81. The van der Waals surface area contributed by atoms with Crippen LogP contribution in [0.3, 0.4) is 0 Å². The summed E-state index contributed by atoms with van der Waals surface area (Å²) in [7, 11) is 0. The Labute approximate surface area is 80.4 Å². The zero-order valence-corrected chi connectivity index (χ0v) is 8.75. The van der Waals surface area contributed by atoms with E-state index in [0.717, 1.165) is 19.5 Å². The van der Waals surface area contributed by atoms with Crippen LogP contribution < -0.4 is 0 Å². The van der Waals surface area contributed by atoms with Gasteiger partial charge in [-0.05, 0) is 19.5 Å². The van der Waals surface area contributed by atoms with Crippen LogP contribution in [-0.4, -0.2) is 30.7 Å². The van der Waals surface area contributed by atoms with E-state index in [4.69, 9.17) is 4.74 Å². The van der Waals surface area contributed by atoms with E-state index in [2.05, 4.69) is 0 Å². The van der Waals surface area contributed by atoms with E-state index in [-0.39, 0.29) is 5.97 Å². The van der Waals surface area contributed by atoms with Crippen LogP contribution in [0.2, 0.25) is 0 Å². The van der Waals surface area contributed by atoms with Crippen molar-refractivity contribution in [2.75, 3.05) is 19.8 Å². The van der Waals surface area contributed by atoms with Gasteiger partial charge in [-0.1, -0.05) is 26.8 Å². The summed E-state index contributed by atoms with van der Waals surface area (Å²) in [5.41, 5.74) is 0. The van der Waals surface area contributed by atoms with Crippen LogP contribution in [0.1, 0.15) is 27.2 Å². The second-order valence-electron chi connectivity index (χ2n) is 2.71. The number of carbonyl (C=O) groups is 1. The predicted octanol–water partition coefficient (Wildman–Crippen LogP) is 1.80. The molecule has 0 aromatic rings. The molecule has 0 rings (SSSR count). The summed E-state index contributed by atoms with van der Waals surface area (Å²) < 4.78 is 4.99. The average molecular weight is 185 g/mol. The minimum atomic E-state index is -0.256. The molecule has 0 unspecified atom stereocenters. The molecule has 0 spiro atoms. The molecule has 0 aliphatic heterocycles. The number of carbonyl (C=O) groups excluding carboxylic acids is 1. The molecule has 0 fully saturated rings. The van der Waals surface area contributed by atoms with E-state index in [0.29, 0.717) is 6.73 Å². The number of hydrogen-bond donors (Lipinski definition) is 0. The standard InChI is InChI=1S/C10H19NO2/c1-4-7-8-10(12)13-9-11(5-2)6-3/h7-8H,4-6,9H2,1-3H3. The zero-order chi connectivity index (χ0) is 10.1. The topological polar surface area (TPSA) is 29.5 Å². The summed E-state index contributed by atoms with van der Waals surface area (Å²) in [6, 6.07) is 0. The number of nitrogens with zero attached hydrogens (tertiary/aromatic N) is 1. The summed E-state index contributed by atoms with van der Waals surface area (Å²) in [6.07, 6.45) is 4.13. The van der Waals surface area contributed by atoms with Gasteiger partial charge in [0, 0.05) is 6.08 Å². The van der Waals surface area contributed by atoms with Crippen molar-refractivity contribution < 1.29 is 9.53 Å². The first kappa shape index (κ1) is 12.2. The molecule has 0 atom stereocenters. The SMILES string of the molecule is CCC=CC(=O)OCN(CC)CC. The highest BCUT2D eigenvalue weighted by Crippen LogP contribution is 1.90. The molecule has 3 heteroatoms. The molecule has 0 saturated heterocycles. The van der Waals surface area contributed by atoms with Crippen LogP contribution in [0.15, 0.2) is 12.2 Å². The first-order valence-electron chi connectivity index (χ1n) is 4.80. The Kier molecular flexibility index (Phi) is 7.30. The maximum absolute atomic E-state index is 11.0. The minimum Gasteiger partial charge on any atom is -0.446 e. The Bertz CT molecular complexity index is 162. The molecular formula is C10H19NO2. The first-order valence-corrected chi connectivity index (χ1v) is 4.80. The molecule has 0 heterocycles. The monoisotopic (exact) mass is 185 g/mol. The number of rotatable bonds is 6. The Hall–Kier alpha value is -0.830. The summed E-state index contributed by atoms with van der Waals surface area (Å²) in [4.78, 5) is 13.0. The maximum Gasteiger partial charge on any atom is 0.331 e. The van der Waals surface area contributed by atoms with E-state index in [1.807, 2.05) is 25.7 Å². The van der Waals surface area contributed by atoms with Crippen LogP contribution in [0, 0.1) is 0 Å². The van der Waals surface area contributed by atoms with Crippen molar-refractivity contribution >= 4 is 5.97 Å². The van der Waals surface area contributed by atoms with Crippen LogP contribution in [0.4, 0.5) is 0 Å². The van der Waals surface area contributed by atoms with Crippen molar-refractivity contribution in [3.63, 3.8) is 0 Å². The molecule has 76 valence electrons. The summed E-state index contributed by atoms with van der Waals surface area (Å²) in [5.74, 6) is -0.256. The van der Waals surface area contributed by atoms with Crippen molar-refractivity contribution in [2.45, 2.75) is 27.2 Å². The van der Waals surface area contributed by atoms with Crippen LogP contribution in [-0.2, 0) is 9.53 Å². The fraction of sp³-hybridized carbons (Fsp3) is 0.700. The summed E-state index contributed by atoms with van der Waals surface area (Å²) in [6.45, 7) is 8.26. The van der Waals surface area contributed by atoms with Gasteiger partial charge in [0.1, 0.15) is 6.73 Å². The van der Waals surface area contributed by atoms with Crippen molar-refractivity contribution in [2.24, 2.45) is 0 Å². The van der Waals surface area contributed by atoms with Crippen LogP contribution in [0.25, 0.3) is 0 Å². The average Bonchev–Trinajstić information content (AvgIpc) is 2.16. The van der Waals surface area contributed by atoms with Gasteiger partial charge in [0.2, 0.25) is 0 Å². The third-order valence-electron chi connectivity index (χ3n) is 1.77. The molecule has 0 aliphatic carbocycles. The van der Waals surface area contributed by atoms with Crippen molar-refractivity contribution in [3.05, 3.63) is 12.2 Å². The van der Waals surface area contributed by atoms with Crippen LogP contribution >= 0.6 is 0 Å². The first-order chi connectivity index (χ1) is 6.24. The highest BCUT2D eigenvalue weighted by atomic mass is 16.5. The van der Waals surface area contributed by atoms with Gasteiger partial charge in [-0.15, -0.1) is 0 Å². The van der Waals surface area contributed by atoms with E-state index in [9.17, 15) is 4.79 Å². The third-order valence-corrected chi connectivity index (χ3v) is 1.77. The minimum absolute atomic E-state index is 0.256. The Morgan fingerprint density at radius 1 is 1.31 bits per heavy atom. The van der Waals surface area contributed by atoms with Gasteiger partial charge in [-0.3, -0.25) is 4.90 Å². The van der Waals surface area contributed by atoms with Gasteiger partial charge >= 0.3 is 5.97 Å². The number of ether oxygens (including phenoxy) is 1. The Balaban J connectivity index is 3.62. The smallest absolute Gasteiger partial charge is 0.331 e. The van der Waals surface area contributed by atoms with Crippen LogP contribution in [0.5, 0.6) is 0 Å². The number of hydrogen-bond acceptors (Lipinski definition) is 3. The fourth-order valence-electron chi connectivity index (χ4n) is 0.823. The molecule has 0 aromatic heterocycles. The van der Waals surface area contributed by atoms with Gasteiger partial charge in [-0.2, -0.15) is 0 Å². The Morgan fingerprint density at radius 3 is 2.38 bits per heavy atom. The van der Waals surface area contributed by atoms with Crippen molar-refractivity contribution in [1.29, 1.82) is 0 Å². The van der Waals surface area contributed by atoms with E-state index < -0.39 is 0 Å². The lowest BCUT2D eigenvalue weighted by atomic mass is 10.4. The maximum atomic E-state index is 11.0. The number of allylic oxidation sites excluding steroid dienone is 1. The van der Waals surface area contributed by atoms with Gasteiger partial charge in [0.15, 0.2) is 0 Å². The molecular weight excluding hydrogens is 166 g/mol. The summed E-state index contributed by atoms with van der Waals surface area (Å²) in [5, 5.41) is 0. The molecule has 0 aromatic carbocycles. The van der Waals surface area contributed by atoms with Gasteiger partial charge in [-0.25, -0.2) is 4.79 Å². The molecule has 0 radical (unpaired) electrons. The molecule has 0 bridgehead atoms. The van der Waals surface area contributed by atoms with E-state index >= 15 is 0 Å². The normalized spacial score (nSPS) is 11.1. The zero-order valence-electron chi connectivity index (χ0n) is 8.75. The fourth-order valence-corrected chi connectivity index (χ4v) is 0.823.